The third-order valence-corrected chi connectivity index (χ3v) is 4.77. The molecule has 0 spiro atoms. The van der Waals surface area contributed by atoms with Gasteiger partial charge < -0.3 is 10.2 Å². The van der Waals surface area contributed by atoms with Gasteiger partial charge in [-0.25, -0.2) is 4.98 Å². The van der Waals surface area contributed by atoms with Gasteiger partial charge in [0.15, 0.2) is 5.65 Å². The molecule has 0 saturated heterocycles. The smallest absolute Gasteiger partial charge is 0.265 e. The highest BCUT2D eigenvalue weighted by Gasteiger charge is 2.16. The van der Waals surface area contributed by atoms with Crippen molar-refractivity contribution in [1.82, 2.24) is 19.6 Å². The summed E-state index contributed by atoms with van der Waals surface area (Å²) in [5.74, 6) is -0.237. The van der Waals surface area contributed by atoms with Crippen LogP contribution >= 0.6 is 12.4 Å². The molecule has 0 saturated carbocycles. The first kappa shape index (κ1) is 20.8. The molecule has 0 aliphatic carbocycles. The average molecular weight is 411 g/mol. The van der Waals surface area contributed by atoms with Gasteiger partial charge >= 0.3 is 0 Å². The lowest BCUT2D eigenvalue weighted by molar-refractivity contribution is 0.0935. The topological polar surface area (TPSA) is 66.7 Å². The molecule has 0 fully saturated rings. The van der Waals surface area contributed by atoms with Gasteiger partial charge in [-0.15, -0.1) is 12.4 Å². The number of rotatable bonds is 4. The summed E-state index contributed by atoms with van der Waals surface area (Å²) in [5.41, 5.74) is 1.16. The van der Waals surface area contributed by atoms with Crippen molar-refractivity contribution < 1.29 is 4.79 Å². The van der Waals surface area contributed by atoms with E-state index in [2.05, 4.69) is 10.3 Å². The van der Waals surface area contributed by atoms with Gasteiger partial charge in [-0.1, -0.05) is 24.3 Å². The number of pyridine rings is 1. The van der Waals surface area contributed by atoms with Crippen LogP contribution in [-0.2, 0) is 0 Å². The summed E-state index contributed by atoms with van der Waals surface area (Å²) in [5, 5.41) is 5.51. The van der Waals surface area contributed by atoms with E-state index in [4.69, 9.17) is 0 Å². The second kappa shape index (κ2) is 8.19. The van der Waals surface area contributed by atoms with E-state index < -0.39 is 0 Å². The molecule has 0 aliphatic rings. The molecule has 1 unspecified atom stereocenters. The van der Waals surface area contributed by atoms with Crippen molar-refractivity contribution in [2.75, 3.05) is 20.6 Å². The molecule has 2 heterocycles. The fraction of sp³-hybridized carbons (Fsp3) is 0.227. The number of fused-ring (bicyclic) bond motifs is 3. The summed E-state index contributed by atoms with van der Waals surface area (Å²) >= 11 is 0. The van der Waals surface area contributed by atoms with Crippen LogP contribution in [0.25, 0.3) is 27.3 Å². The van der Waals surface area contributed by atoms with Gasteiger partial charge in [0, 0.05) is 18.8 Å². The van der Waals surface area contributed by atoms with Crippen LogP contribution in [0, 0.1) is 0 Å². The molecule has 4 rings (SSSR count). The molecule has 4 aromatic rings. The molecule has 2 aromatic carbocycles. The fourth-order valence-corrected chi connectivity index (χ4v) is 3.59. The maximum absolute atomic E-state index is 13.1. The monoisotopic (exact) mass is 410 g/mol. The predicted octanol–water partition coefficient (Wildman–Crippen LogP) is 3.10. The minimum absolute atomic E-state index is 0. The van der Waals surface area contributed by atoms with Gasteiger partial charge in [-0.2, -0.15) is 0 Å². The number of nitrogens with zero attached hydrogens (tertiary/aromatic N) is 3. The molecular formula is C22H23ClN4O2. The van der Waals surface area contributed by atoms with Gasteiger partial charge in [0.05, 0.1) is 16.5 Å². The minimum Gasteiger partial charge on any atom is -0.348 e. The number of amides is 1. The highest BCUT2D eigenvalue weighted by molar-refractivity contribution is 6.02. The SMILES string of the molecule is CC(CN(C)C)NC(=O)c1cccn2c(=O)c3cc4ccccc4cc3nc12.Cl. The molecule has 29 heavy (non-hydrogen) atoms. The first-order chi connectivity index (χ1) is 13.4. The Balaban J connectivity index is 0.00000240. The van der Waals surface area contributed by atoms with Crippen molar-refractivity contribution in [3.8, 4) is 0 Å². The summed E-state index contributed by atoms with van der Waals surface area (Å²) in [6.45, 7) is 2.67. The third kappa shape index (κ3) is 3.95. The van der Waals surface area contributed by atoms with Gasteiger partial charge in [0.1, 0.15) is 0 Å². The molecule has 0 aliphatic heterocycles. The predicted molar refractivity (Wildman–Crippen MR) is 119 cm³/mol. The summed E-state index contributed by atoms with van der Waals surface area (Å²) in [6, 6.07) is 15.0. The Morgan fingerprint density at radius 3 is 2.52 bits per heavy atom. The Morgan fingerprint density at radius 1 is 1.14 bits per heavy atom. The molecular weight excluding hydrogens is 388 g/mol. The van der Waals surface area contributed by atoms with E-state index in [1.165, 1.54) is 4.40 Å². The van der Waals surface area contributed by atoms with Crippen molar-refractivity contribution in [3.05, 3.63) is 70.6 Å². The Kier molecular flexibility index (Phi) is 5.86. The quantitative estimate of drug-likeness (QED) is 0.525. The third-order valence-electron chi connectivity index (χ3n) is 4.77. The van der Waals surface area contributed by atoms with Crippen LogP contribution in [0.3, 0.4) is 0 Å². The summed E-state index contributed by atoms with van der Waals surface area (Å²) in [6.07, 6.45) is 1.65. The van der Waals surface area contributed by atoms with Crippen LogP contribution in [0.5, 0.6) is 0 Å². The standard InChI is InChI=1S/C22H22N4O2.ClH/c1-14(13-25(2)3)23-21(27)17-9-6-10-26-20(17)24-19-12-16-8-5-4-7-15(16)11-18(19)22(26)28;/h4-12,14H,13H2,1-3H3,(H,23,27);1H. The summed E-state index contributed by atoms with van der Waals surface area (Å²) < 4.78 is 1.45. The first-order valence-corrected chi connectivity index (χ1v) is 9.23. The lowest BCUT2D eigenvalue weighted by Crippen LogP contribution is -2.39. The van der Waals surface area contributed by atoms with Gasteiger partial charge in [0.2, 0.25) is 0 Å². The van der Waals surface area contributed by atoms with E-state index in [0.717, 1.165) is 17.3 Å². The Bertz CT molecular complexity index is 1270. The van der Waals surface area contributed by atoms with Crippen LogP contribution in [0.2, 0.25) is 0 Å². The van der Waals surface area contributed by atoms with Crippen molar-refractivity contribution >= 4 is 45.6 Å². The Morgan fingerprint density at radius 2 is 1.83 bits per heavy atom. The molecule has 0 bridgehead atoms. The van der Waals surface area contributed by atoms with Gasteiger partial charge in [-0.05, 0) is 56.1 Å². The highest BCUT2D eigenvalue weighted by atomic mass is 35.5. The van der Waals surface area contributed by atoms with E-state index >= 15 is 0 Å². The fourth-order valence-electron chi connectivity index (χ4n) is 3.59. The van der Waals surface area contributed by atoms with Gasteiger partial charge in [0.25, 0.3) is 11.5 Å². The minimum atomic E-state index is -0.237. The Labute approximate surface area is 174 Å². The number of hydrogen-bond donors (Lipinski definition) is 1. The van der Waals surface area contributed by atoms with Crippen LogP contribution in [0.4, 0.5) is 0 Å². The van der Waals surface area contributed by atoms with Gasteiger partial charge in [-0.3, -0.25) is 14.0 Å². The molecule has 0 radical (unpaired) electrons. The normalized spacial score (nSPS) is 12.3. The van der Waals surface area contributed by atoms with E-state index in [9.17, 15) is 9.59 Å². The number of benzene rings is 2. The maximum Gasteiger partial charge on any atom is 0.265 e. The van der Waals surface area contributed by atoms with Crippen molar-refractivity contribution in [2.45, 2.75) is 13.0 Å². The van der Waals surface area contributed by atoms with E-state index in [1.54, 1.807) is 18.3 Å². The zero-order valence-electron chi connectivity index (χ0n) is 16.5. The summed E-state index contributed by atoms with van der Waals surface area (Å²) in [7, 11) is 3.91. The largest absolute Gasteiger partial charge is 0.348 e. The second-order valence-corrected chi connectivity index (χ2v) is 7.39. The van der Waals surface area contributed by atoms with E-state index in [-0.39, 0.29) is 29.9 Å². The zero-order chi connectivity index (χ0) is 19.8. The lowest BCUT2D eigenvalue weighted by atomic mass is 10.1. The molecule has 1 amide bonds. The molecule has 7 heteroatoms. The lowest BCUT2D eigenvalue weighted by Gasteiger charge is -2.18. The van der Waals surface area contributed by atoms with Crippen molar-refractivity contribution in [2.24, 2.45) is 0 Å². The molecule has 2 aromatic heterocycles. The van der Waals surface area contributed by atoms with Crippen LogP contribution in [0.1, 0.15) is 17.3 Å². The first-order valence-electron chi connectivity index (χ1n) is 9.23. The summed E-state index contributed by atoms with van der Waals surface area (Å²) in [4.78, 5) is 32.6. The number of aromatic nitrogens is 2. The number of nitrogens with one attached hydrogen (secondary N) is 1. The van der Waals surface area contributed by atoms with Crippen molar-refractivity contribution in [3.63, 3.8) is 0 Å². The Hall–Kier alpha value is -2.96. The second-order valence-electron chi connectivity index (χ2n) is 7.39. The maximum atomic E-state index is 13.1. The number of hydrogen-bond acceptors (Lipinski definition) is 4. The highest BCUT2D eigenvalue weighted by Crippen LogP contribution is 2.20. The average Bonchev–Trinajstić information content (AvgIpc) is 2.66. The van der Waals surface area contributed by atoms with Crippen LogP contribution in [-0.4, -0.2) is 46.9 Å². The molecule has 6 nitrogen and oxygen atoms in total. The van der Waals surface area contributed by atoms with E-state index in [0.29, 0.717) is 22.1 Å². The number of halogens is 1. The number of carbonyl (C=O) groups excluding carboxylic acids is 1. The van der Waals surface area contributed by atoms with Crippen LogP contribution in [0.15, 0.2) is 59.5 Å². The van der Waals surface area contributed by atoms with E-state index in [1.807, 2.05) is 62.3 Å². The molecule has 1 atom stereocenters. The molecule has 1 N–H and O–H groups in total. The molecule has 150 valence electrons. The van der Waals surface area contributed by atoms with Crippen molar-refractivity contribution in [1.29, 1.82) is 0 Å². The number of likely N-dealkylation sites (N-methyl/N-ethyl adjacent to an activating group) is 1. The van der Waals surface area contributed by atoms with Crippen LogP contribution < -0.4 is 10.9 Å². The number of carbonyl (C=O) groups is 1. The zero-order valence-corrected chi connectivity index (χ0v) is 17.4.